The van der Waals surface area contributed by atoms with E-state index in [-0.39, 0.29) is 18.2 Å². The van der Waals surface area contributed by atoms with Crippen molar-refractivity contribution in [2.45, 2.75) is 17.9 Å². The summed E-state index contributed by atoms with van der Waals surface area (Å²) in [6, 6.07) is 2.84. The van der Waals surface area contributed by atoms with E-state index in [4.69, 9.17) is 15.4 Å². The number of carbonyl (C=O) groups is 1. The summed E-state index contributed by atoms with van der Waals surface area (Å²) in [4.78, 5) is 11.3. The number of hydrogen-bond acceptors (Lipinski definition) is 4. The van der Waals surface area contributed by atoms with E-state index in [2.05, 4.69) is 5.32 Å². The maximum Gasteiger partial charge on any atom is 0.261 e. The van der Waals surface area contributed by atoms with Gasteiger partial charge in [0.15, 0.2) is 0 Å². The monoisotopic (exact) mass is 309 g/mol. The highest BCUT2D eigenvalue weighted by atomic mass is 35.7. The first-order valence-corrected chi connectivity index (χ1v) is 7.62. The van der Waals surface area contributed by atoms with Gasteiger partial charge in [0.25, 0.3) is 15.0 Å². The summed E-state index contributed by atoms with van der Waals surface area (Å²) in [6.45, 7) is 1.95. The molecule has 0 radical (unpaired) electrons. The van der Waals surface area contributed by atoms with Gasteiger partial charge < -0.3 is 10.1 Å². The van der Waals surface area contributed by atoms with Gasteiger partial charge in [-0.15, -0.1) is 0 Å². The lowest BCUT2D eigenvalue weighted by Gasteiger charge is -2.11. The van der Waals surface area contributed by atoms with Crippen molar-refractivity contribution in [2.75, 3.05) is 13.7 Å². The van der Waals surface area contributed by atoms with Crippen molar-refractivity contribution in [3.8, 4) is 0 Å². The Morgan fingerprint density at radius 1 is 1.53 bits per heavy atom. The average Bonchev–Trinajstić information content (AvgIpc) is 2.34. The number of nitrogens with one attached hydrogen (secondary N) is 1. The van der Waals surface area contributed by atoms with Crippen molar-refractivity contribution in [2.24, 2.45) is 0 Å². The summed E-state index contributed by atoms with van der Waals surface area (Å²) < 4.78 is 40.6. The molecule has 19 heavy (non-hydrogen) atoms. The Balaban J connectivity index is 2.88. The van der Waals surface area contributed by atoms with Gasteiger partial charge in [-0.25, -0.2) is 12.8 Å². The Morgan fingerprint density at radius 2 is 2.16 bits per heavy atom. The van der Waals surface area contributed by atoms with Crippen molar-refractivity contribution in [3.63, 3.8) is 0 Å². The van der Waals surface area contributed by atoms with E-state index < -0.39 is 25.7 Å². The first-order valence-electron chi connectivity index (χ1n) is 5.31. The van der Waals surface area contributed by atoms with Gasteiger partial charge in [-0.3, -0.25) is 4.79 Å². The van der Waals surface area contributed by atoms with Crippen LogP contribution in [0.1, 0.15) is 17.3 Å². The SMILES string of the molecule is COC(C)CNC(=O)c1ccc(S(=O)(=O)Cl)cc1F. The average molecular weight is 310 g/mol. The van der Waals surface area contributed by atoms with E-state index in [1.807, 2.05) is 0 Å². The Kier molecular flexibility index (Phi) is 5.28. The standard InChI is InChI=1S/C11H13ClFNO4S/c1-7(18-2)6-14-11(15)9-4-3-8(5-10(9)13)19(12,16)17/h3-5,7H,6H2,1-2H3,(H,14,15). The van der Waals surface area contributed by atoms with Crippen LogP contribution >= 0.6 is 10.7 Å². The van der Waals surface area contributed by atoms with Crippen LogP contribution in [-0.2, 0) is 13.8 Å². The molecule has 8 heteroatoms. The van der Waals surface area contributed by atoms with Gasteiger partial charge in [-0.1, -0.05) is 0 Å². The van der Waals surface area contributed by atoms with Crippen LogP contribution < -0.4 is 5.32 Å². The van der Waals surface area contributed by atoms with E-state index in [0.717, 1.165) is 12.1 Å². The fourth-order valence-corrected chi connectivity index (χ4v) is 2.01. The number of rotatable bonds is 5. The molecule has 0 aromatic heterocycles. The Hall–Kier alpha value is -1.18. The molecule has 0 saturated heterocycles. The molecule has 0 saturated carbocycles. The van der Waals surface area contributed by atoms with Crippen LogP contribution in [-0.4, -0.2) is 34.1 Å². The van der Waals surface area contributed by atoms with Gasteiger partial charge in [-0.2, -0.15) is 0 Å². The molecule has 0 fully saturated rings. The second kappa shape index (κ2) is 6.31. The fraction of sp³-hybridized carbons (Fsp3) is 0.364. The lowest BCUT2D eigenvalue weighted by Crippen LogP contribution is -2.32. The van der Waals surface area contributed by atoms with Gasteiger partial charge in [0.1, 0.15) is 5.82 Å². The van der Waals surface area contributed by atoms with Crippen LogP contribution in [0.4, 0.5) is 4.39 Å². The van der Waals surface area contributed by atoms with Gasteiger partial charge in [0, 0.05) is 24.3 Å². The maximum absolute atomic E-state index is 13.6. The largest absolute Gasteiger partial charge is 0.380 e. The minimum absolute atomic E-state index is 0.213. The third kappa shape index (κ3) is 4.45. The third-order valence-electron chi connectivity index (χ3n) is 2.42. The van der Waals surface area contributed by atoms with Crippen molar-refractivity contribution >= 4 is 25.6 Å². The lowest BCUT2D eigenvalue weighted by molar-refractivity contribution is 0.0867. The molecule has 0 aliphatic rings. The van der Waals surface area contributed by atoms with E-state index in [1.54, 1.807) is 6.92 Å². The van der Waals surface area contributed by atoms with Crippen LogP contribution in [0, 0.1) is 5.82 Å². The zero-order valence-corrected chi connectivity index (χ0v) is 11.9. The topological polar surface area (TPSA) is 72.5 Å². The second-order valence-electron chi connectivity index (χ2n) is 3.84. The Labute approximate surface area is 115 Å². The molecule has 0 aliphatic heterocycles. The molecular weight excluding hydrogens is 297 g/mol. The molecule has 1 N–H and O–H groups in total. The molecule has 1 aromatic rings. The molecule has 1 unspecified atom stereocenters. The number of halogens is 2. The van der Waals surface area contributed by atoms with E-state index in [0.29, 0.717) is 6.07 Å². The fourth-order valence-electron chi connectivity index (χ4n) is 1.25. The number of carbonyl (C=O) groups excluding carboxylic acids is 1. The Bertz CT molecular complexity index is 576. The summed E-state index contributed by atoms with van der Waals surface area (Å²) >= 11 is 0. The highest BCUT2D eigenvalue weighted by Crippen LogP contribution is 2.18. The zero-order chi connectivity index (χ0) is 14.6. The van der Waals surface area contributed by atoms with Crippen LogP contribution in [0.5, 0.6) is 0 Å². The minimum Gasteiger partial charge on any atom is -0.380 e. The van der Waals surface area contributed by atoms with E-state index in [9.17, 15) is 17.6 Å². The van der Waals surface area contributed by atoms with Gasteiger partial charge in [0.05, 0.1) is 16.6 Å². The normalized spacial score (nSPS) is 13.1. The first kappa shape index (κ1) is 15.9. The quantitative estimate of drug-likeness (QED) is 0.837. The highest BCUT2D eigenvalue weighted by molar-refractivity contribution is 8.13. The van der Waals surface area contributed by atoms with E-state index >= 15 is 0 Å². The molecule has 0 spiro atoms. The number of ether oxygens (including phenoxy) is 1. The summed E-state index contributed by atoms with van der Waals surface area (Å²) in [5.74, 6) is -1.61. The molecule has 0 aliphatic carbocycles. The first-order chi connectivity index (χ1) is 8.75. The number of benzene rings is 1. The predicted molar refractivity (Wildman–Crippen MR) is 68.2 cm³/mol. The highest BCUT2D eigenvalue weighted by Gasteiger charge is 2.17. The van der Waals surface area contributed by atoms with Crippen molar-refractivity contribution in [1.82, 2.24) is 5.32 Å². The van der Waals surface area contributed by atoms with Crippen LogP contribution in [0.25, 0.3) is 0 Å². The summed E-state index contributed by atoms with van der Waals surface area (Å²) in [6.07, 6.45) is -0.213. The van der Waals surface area contributed by atoms with Gasteiger partial charge >= 0.3 is 0 Å². The lowest BCUT2D eigenvalue weighted by atomic mass is 10.2. The maximum atomic E-state index is 13.6. The molecular formula is C11H13ClFNO4S. The Morgan fingerprint density at radius 3 is 2.63 bits per heavy atom. The van der Waals surface area contributed by atoms with Crippen molar-refractivity contribution in [1.29, 1.82) is 0 Å². The van der Waals surface area contributed by atoms with Crippen molar-refractivity contribution in [3.05, 3.63) is 29.6 Å². The molecule has 0 heterocycles. The molecule has 0 bridgehead atoms. The van der Waals surface area contributed by atoms with Gasteiger partial charge in [0.2, 0.25) is 0 Å². The molecule has 1 amide bonds. The predicted octanol–water partition coefficient (Wildman–Crippen LogP) is 1.52. The second-order valence-corrected chi connectivity index (χ2v) is 6.40. The molecule has 1 atom stereocenters. The summed E-state index contributed by atoms with van der Waals surface area (Å²) in [7, 11) is 2.54. The number of amides is 1. The smallest absolute Gasteiger partial charge is 0.261 e. The minimum atomic E-state index is -4.02. The summed E-state index contributed by atoms with van der Waals surface area (Å²) in [5.41, 5.74) is -0.257. The zero-order valence-electron chi connectivity index (χ0n) is 10.3. The van der Waals surface area contributed by atoms with Crippen LogP contribution in [0.2, 0.25) is 0 Å². The molecule has 1 aromatic carbocycles. The molecule has 1 rings (SSSR count). The number of methoxy groups -OCH3 is 1. The summed E-state index contributed by atoms with van der Waals surface area (Å²) in [5, 5.41) is 2.46. The van der Waals surface area contributed by atoms with Gasteiger partial charge in [-0.05, 0) is 25.1 Å². The van der Waals surface area contributed by atoms with Crippen molar-refractivity contribution < 1.29 is 22.3 Å². The van der Waals surface area contributed by atoms with Crippen LogP contribution in [0.3, 0.4) is 0 Å². The van der Waals surface area contributed by atoms with E-state index in [1.165, 1.54) is 7.11 Å². The number of hydrogen-bond donors (Lipinski definition) is 1. The van der Waals surface area contributed by atoms with Crippen LogP contribution in [0.15, 0.2) is 23.1 Å². The third-order valence-corrected chi connectivity index (χ3v) is 3.77. The molecule has 5 nitrogen and oxygen atoms in total. The molecule has 106 valence electrons.